The summed E-state index contributed by atoms with van der Waals surface area (Å²) < 4.78 is 2.56. The van der Waals surface area contributed by atoms with Crippen molar-refractivity contribution in [1.82, 2.24) is 19.9 Å². The Hall–Kier alpha value is -6.56. The van der Waals surface area contributed by atoms with Gasteiger partial charge in [0.25, 0.3) is 0 Å². The second kappa shape index (κ2) is 12.1. The molecule has 0 aliphatic carbocycles. The standard InChI is InChI=1S/C46H28N4S/c1-2-12-29(13-3-1)44-37-23-22-35-34-18-11-17-33(45(34)51-46(35)43(37)36-16-4-5-19-38(36)50-44)31-15-10-14-30(26-31)32-27-41(39-20-6-8-24-47-39)49-42(28-32)40-21-7-9-25-48-40/h1-28H. The molecule has 10 rings (SSSR count). The highest BCUT2D eigenvalue weighted by atomic mass is 32.1. The molecule has 0 radical (unpaired) electrons. The lowest BCUT2D eigenvalue weighted by atomic mass is 9.96. The molecule has 5 heteroatoms. The summed E-state index contributed by atoms with van der Waals surface area (Å²) in [4.78, 5) is 19.4. The Morgan fingerprint density at radius 3 is 1.76 bits per heavy atom. The average Bonchev–Trinajstić information content (AvgIpc) is 3.60. The molecule has 5 heterocycles. The van der Waals surface area contributed by atoms with E-state index >= 15 is 0 Å². The Labute approximate surface area is 298 Å². The van der Waals surface area contributed by atoms with E-state index in [1.54, 1.807) is 12.4 Å². The van der Waals surface area contributed by atoms with Crippen molar-refractivity contribution in [3.63, 3.8) is 0 Å². The minimum Gasteiger partial charge on any atom is -0.255 e. The van der Waals surface area contributed by atoms with Crippen LogP contribution in [0.3, 0.4) is 0 Å². The van der Waals surface area contributed by atoms with E-state index in [2.05, 4.69) is 131 Å². The lowest BCUT2D eigenvalue weighted by molar-refractivity contribution is 1.22. The van der Waals surface area contributed by atoms with E-state index in [0.29, 0.717) is 0 Å². The molecule has 0 atom stereocenters. The zero-order valence-corrected chi connectivity index (χ0v) is 28.2. The van der Waals surface area contributed by atoms with Crippen molar-refractivity contribution in [2.24, 2.45) is 0 Å². The number of aromatic nitrogens is 4. The molecule has 0 spiro atoms. The van der Waals surface area contributed by atoms with Gasteiger partial charge < -0.3 is 0 Å². The molecule has 0 aliphatic heterocycles. The van der Waals surface area contributed by atoms with Gasteiger partial charge in [-0.1, -0.05) is 109 Å². The number of rotatable bonds is 5. The smallest absolute Gasteiger partial charge is 0.0900 e. The highest BCUT2D eigenvalue weighted by Gasteiger charge is 2.18. The number of hydrogen-bond donors (Lipinski definition) is 0. The number of para-hydroxylation sites is 1. The first-order valence-electron chi connectivity index (χ1n) is 17.0. The Morgan fingerprint density at radius 2 is 1.00 bits per heavy atom. The van der Waals surface area contributed by atoms with Crippen molar-refractivity contribution >= 4 is 53.2 Å². The van der Waals surface area contributed by atoms with Crippen LogP contribution in [-0.4, -0.2) is 19.9 Å². The molecule has 0 saturated heterocycles. The van der Waals surface area contributed by atoms with Crippen LogP contribution in [0.15, 0.2) is 170 Å². The summed E-state index contributed by atoms with van der Waals surface area (Å²) in [6.07, 6.45) is 3.61. The number of pyridine rings is 4. The predicted octanol–water partition coefficient (Wildman–Crippen LogP) is 12.3. The molecule has 0 amide bonds. The van der Waals surface area contributed by atoms with E-state index in [1.807, 2.05) is 47.7 Å². The van der Waals surface area contributed by atoms with Gasteiger partial charge in [0.05, 0.1) is 34.0 Å². The number of thiophene rings is 1. The summed E-state index contributed by atoms with van der Waals surface area (Å²) in [5.41, 5.74) is 11.0. The van der Waals surface area contributed by atoms with Crippen molar-refractivity contribution < 1.29 is 0 Å². The number of hydrogen-bond acceptors (Lipinski definition) is 5. The van der Waals surface area contributed by atoms with Crippen molar-refractivity contribution in [2.75, 3.05) is 0 Å². The third kappa shape index (κ3) is 5.06. The van der Waals surface area contributed by atoms with Gasteiger partial charge in [0.15, 0.2) is 0 Å². The Balaban J connectivity index is 1.17. The SMILES string of the molecule is c1ccc(-c2nc3ccccc3c3c2ccc2c4cccc(-c5cccc(-c6cc(-c7ccccn7)nc(-c7ccccn7)c6)c5)c4sc23)cc1. The van der Waals surface area contributed by atoms with Gasteiger partial charge in [0.1, 0.15) is 0 Å². The van der Waals surface area contributed by atoms with Crippen LogP contribution in [0.25, 0.3) is 98.1 Å². The fraction of sp³-hybridized carbons (Fsp3) is 0. The summed E-state index contributed by atoms with van der Waals surface area (Å²) in [6.45, 7) is 0. The summed E-state index contributed by atoms with van der Waals surface area (Å²) in [5, 5.41) is 6.15. The maximum Gasteiger partial charge on any atom is 0.0900 e. The predicted molar refractivity (Wildman–Crippen MR) is 213 cm³/mol. The number of nitrogens with zero attached hydrogens (tertiary/aromatic N) is 4. The highest BCUT2D eigenvalue weighted by Crippen LogP contribution is 2.46. The van der Waals surface area contributed by atoms with E-state index in [9.17, 15) is 0 Å². The maximum atomic E-state index is 5.18. The molecule has 0 fully saturated rings. The van der Waals surface area contributed by atoms with E-state index in [0.717, 1.165) is 50.7 Å². The zero-order chi connectivity index (χ0) is 33.7. The van der Waals surface area contributed by atoms with E-state index in [4.69, 9.17) is 9.97 Å². The largest absolute Gasteiger partial charge is 0.255 e. The first-order valence-corrected chi connectivity index (χ1v) is 17.8. The van der Waals surface area contributed by atoms with E-state index in [1.165, 1.54) is 47.5 Å². The molecule has 10 aromatic rings. The second-order valence-corrected chi connectivity index (χ2v) is 13.7. The molecule has 4 nitrogen and oxygen atoms in total. The number of fused-ring (bicyclic) bond motifs is 7. The zero-order valence-electron chi connectivity index (χ0n) is 27.4. The Morgan fingerprint density at radius 1 is 0.373 bits per heavy atom. The minimum atomic E-state index is 0.814. The minimum absolute atomic E-state index is 0.814. The van der Waals surface area contributed by atoms with E-state index < -0.39 is 0 Å². The van der Waals surface area contributed by atoms with Gasteiger partial charge in [-0.2, -0.15) is 0 Å². The maximum absolute atomic E-state index is 5.18. The summed E-state index contributed by atoms with van der Waals surface area (Å²) in [6, 6.07) is 55.2. The van der Waals surface area contributed by atoms with Gasteiger partial charge in [0, 0.05) is 54.3 Å². The molecule has 5 aromatic carbocycles. The van der Waals surface area contributed by atoms with Crippen LogP contribution in [0.1, 0.15) is 0 Å². The molecule has 0 N–H and O–H groups in total. The summed E-state index contributed by atoms with van der Waals surface area (Å²) in [5.74, 6) is 0. The Bertz CT molecular complexity index is 2840. The van der Waals surface area contributed by atoms with Gasteiger partial charge in [0.2, 0.25) is 0 Å². The molecular weight excluding hydrogens is 641 g/mol. The highest BCUT2D eigenvalue weighted by molar-refractivity contribution is 7.27. The fourth-order valence-electron chi connectivity index (χ4n) is 7.19. The van der Waals surface area contributed by atoms with Crippen LogP contribution >= 0.6 is 11.3 Å². The van der Waals surface area contributed by atoms with Gasteiger partial charge >= 0.3 is 0 Å². The third-order valence-electron chi connectivity index (χ3n) is 9.56. The number of benzene rings is 5. The van der Waals surface area contributed by atoms with Crippen LogP contribution < -0.4 is 0 Å². The van der Waals surface area contributed by atoms with Crippen molar-refractivity contribution in [1.29, 1.82) is 0 Å². The third-order valence-corrected chi connectivity index (χ3v) is 10.8. The van der Waals surface area contributed by atoms with Crippen LogP contribution in [0, 0.1) is 0 Å². The van der Waals surface area contributed by atoms with Crippen molar-refractivity contribution in [3.8, 4) is 56.3 Å². The van der Waals surface area contributed by atoms with Crippen LogP contribution in [0.2, 0.25) is 0 Å². The second-order valence-electron chi connectivity index (χ2n) is 12.6. The van der Waals surface area contributed by atoms with Crippen molar-refractivity contribution in [3.05, 3.63) is 170 Å². The summed E-state index contributed by atoms with van der Waals surface area (Å²) in [7, 11) is 0. The molecule has 238 valence electrons. The lowest BCUT2D eigenvalue weighted by Gasteiger charge is -2.11. The quantitative estimate of drug-likeness (QED) is 0.171. The van der Waals surface area contributed by atoms with Gasteiger partial charge in [-0.05, 0) is 70.8 Å². The first kappa shape index (κ1) is 29.4. The first-order chi connectivity index (χ1) is 25.3. The van der Waals surface area contributed by atoms with Gasteiger partial charge in [-0.25, -0.2) is 9.97 Å². The molecule has 0 bridgehead atoms. The molecule has 0 saturated carbocycles. The van der Waals surface area contributed by atoms with Gasteiger partial charge in [-0.3, -0.25) is 9.97 Å². The van der Waals surface area contributed by atoms with Gasteiger partial charge in [-0.15, -0.1) is 11.3 Å². The van der Waals surface area contributed by atoms with E-state index in [-0.39, 0.29) is 0 Å². The molecule has 0 unspecified atom stereocenters. The molecule has 51 heavy (non-hydrogen) atoms. The van der Waals surface area contributed by atoms with Crippen molar-refractivity contribution in [2.45, 2.75) is 0 Å². The van der Waals surface area contributed by atoms with Crippen LogP contribution in [0.4, 0.5) is 0 Å². The van der Waals surface area contributed by atoms with Crippen LogP contribution in [0.5, 0.6) is 0 Å². The lowest BCUT2D eigenvalue weighted by Crippen LogP contribution is -1.94. The normalized spacial score (nSPS) is 11.5. The molecule has 0 aliphatic rings. The molecular formula is C46H28N4S. The Kier molecular flexibility index (Phi) is 6.96. The molecule has 5 aromatic heterocycles. The fourth-order valence-corrected chi connectivity index (χ4v) is 8.59. The monoisotopic (exact) mass is 668 g/mol. The topological polar surface area (TPSA) is 51.6 Å². The average molecular weight is 669 g/mol. The summed E-state index contributed by atoms with van der Waals surface area (Å²) >= 11 is 1.88. The van der Waals surface area contributed by atoms with Crippen LogP contribution in [-0.2, 0) is 0 Å².